The molecular weight excluding hydrogens is 360 g/mol. The summed E-state index contributed by atoms with van der Waals surface area (Å²) in [6.45, 7) is 3.58. The van der Waals surface area contributed by atoms with Gasteiger partial charge in [0.25, 0.3) is 0 Å². The maximum atomic E-state index is 12.4. The lowest BCUT2D eigenvalue weighted by Gasteiger charge is -2.26. The Balaban J connectivity index is 1.88. The predicted molar refractivity (Wildman–Crippen MR) is 97.3 cm³/mol. The second-order valence-electron chi connectivity index (χ2n) is 6.09. The van der Waals surface area contributed by atoms with Crippen molar-refractivity contribution in [1.82, 2.24) is 9.78 Å². The van der Waals surface area contributed by atoms with E-state index in [1.54, 1.807) is 11.8 Å². The molecular formula is C18H19ClN2O3S. The summed E-state index contributed by atoms with van der Waals surface area (Å²) in [4.78, 5) is 13.5. The van der Waals surface area contributed by atoms with Gasteiger partial charge < -0.3 is 9.47 Å². The van der Waals surface area contributed by atoms with Crippen molar-refractivity contribution in [3.8, 4) is 11.3 Å². The van der Waals surface area contributed by atoms with Crippen molar-refractivity contribution in [2.75, 3.05) is 19.8 Å². The summed E-state index contributed by atoms with van der Waals surface area (Å²) in [5.74, 6) is 0.319. The molecule has 1 aromatic carbocycles. The molecule has 0 bridgehead atoms. The highest BCUT2D eigenvalue weighted by molar-refractivity contribution is 7.98. The Morgan fingerprint density at radius 1 is 1.44 bits per heavy atom. The van der Waals surface area contributed by atoms with E-state index < -0.39 is 0 Å². The van der Waals surface area contributed by atoms with Crippen LogP contribution >= 0.6 is 23.4 Å². The number of ether oxygens (including phenoxy) is 2. The summed E-state index contributed by atoms with van der Waals surface area (Å²) in [6, 6.07) is 6.13. The van der Waals surface area contributed by atoms with E-state index in [9.17, 15) is 4.79 Å². The fraction of sp³-hybridized carbons (Fsp3) is 0.444. The molecule has 25 heavy (non-hydrogen) atoms. The number of benzene rings is 1. The monoisotopic (exact) mass is 378 g/mol. The Labute approximate surface area is 155 Å². The molecule has 0 unspecified atom stereocenters. The van der Waals surface area contributed by atoms with Gasteiger partial charge in [-0.2, -0.15) is 5.10 Å². The van der Waals surface area contributed by atoms with Gasteiger partial charge in [0.1, 0.15) is 0 Å². The number of carbonyl (C=O) groups is 1. The Bertz CT molecular complexity index is 815. The molecule has 1 fully saturated rings. The average molecular weight is 379 g/mol. The van der Waals surface area contributed by atoms with Crippen molar-refractivity contribution in [2.45, 2.75) is 36.5 Å². The minimum atomic E-state index is -0.351. The largest absolute Gasteiger partial charge is 0.461 e. The fourth-order valence-electron chi connectivity index (χ4n) is 3.43. The number of nitrogens with zero attached hydrogens (tertiary/aromatic N) is 2. The van der Waals surface area contributed by atoms with Gasteiger partial charge in [-0.25, -0.2) is 4.79 Å². The quantitative estimate of drug-likeness (QED) is 0.744. The van der Waals surface area contributed by atoms with Crippen molar-refractivity contribution >= 4 is 29.3 Å². The summed E-state index contributed by atoms with van der Waals surface area (Å²) >= 11 is 8.05. The molecule has 0 N–H and O–H groups in total. The van der Waals surface area contributed by atoms with Crippen LogP contribution in [0.1, 0.15) is 41.9 Å². The van der Waals surface area contributed by atoms with Crippen molar-refractivity contribution < 1.29 is 14.3 Å². The zero-order chi connectivity index (χ0) is 17.4. The molecule has 1 saturated heterocycles. The van der Waals surface area contributed by atoms with E-state index in [2.05, 4.69) is 6.07 Å². The molecule has 0 atom stereocenters. The molecule has 0 spiro atoms. The summed E-state index contributed by atoms with van der Waals surface area (Å²) in [5.41, 5.74) is 3.44. The first kappa shape index (κ1) is 16.9. The average Bonchev–Trinajstić information content (AvgIpc) is 3.03. The first-order chi connectivity index (χ1) is 12.2. The van der Waals surface area contributed by atoms with E-state index in [0.717, 1.165) is 39.6 Å². The van der Waals surface area contributed by atoms with Crippen molar-refractivity contribution in [3.63, 3.8) is 0 Å². The van der Waals surface area contributed by atoms with Crippen LogP contribution in [0, 0.1) is 0 Å². The predicted octanol–water partition coefficient (Wildman–Crippen LogP) is 4.34. The number of carbonyl (C=O) groups excluding carboxylic acids is 1. The lowest BCUT2D eigenvalue weighted by molar-refractivity contribution is 0.0512. The number of halogens is 1. The van der Waals surface area contributed by atoms with Crippen LogP contribution < -0.4 is 0 Å². The first-order valence-corrected chi connectivity index (χ1v) is 9.85. The molecule has 2 aromatic rings. The van der Waals surface area contributed by atoms with Crippen LogP contribution in [0.4, 0.5) is 0 Å². The molecule has 2 aliphatic heterocycles. The second-order valence-corrected chi connectivity index (χ2v) is 7.48. The van der Waals surface area contributed by atoms with Crippen LogP contribution in [0.25, 0.3) is 11.3 Å². The molecule has 1 aromatic heterocycles. The van der Waals surface area contributed by atoms with Crippen LogP contribution in [0.2, 0.25) is 5.02 Å². The maximum Gasteiger partial charge on any atom is 0.359 e. The Morgan fingerprint density at radius 2 is 2.24 bits per heavy atom. The fourth-order valence-corrected chi connectivity index (χ4v) is 4.86. The van der Waals surface area contributed by atoms with Crippen LogP contribution in [0.3, 0.4) is 0 Å². The third-order valence-electron chi connectivity index (χ3n) is 4.60. The van der Waals surface area contributed by atoms with Crippen LogP contribution in [0.15, 0.2) is 23.1 Å². The van der Waals surface area contributed by atoms with Gasteiger partial charge in [0.2, 0.25) is 0 Å². The van der Waals surface area contributed by atoms with Crippen LogP contribution in [-0.4, -0.2) is 35.6 Å². The standard InChI is InChI=1S/C18H19ClN2O3S/c1-2-24-18(22)15-13-10-25-17-12(4-3-5-14(17)19)16(13)21(20-15)11-6-8-23-9-7-11/h3-5,11H,2,6-10H2,1H3. The van der Waals surface area contributed by atoms with E-state index in [-0.39, 0.29) is 12.0 Å². The van der Waals surface area contributed by atoms with E-state index in [4.69, 9.17) is 26.2 Å². The molecule has 4 rings (SSSR count). The van der Waals surface area contributed by atoms with Gasteiger partial charge in [0.15, 0.2) is 5.69 Å². The van der Waals surface area contributed by atoms with Crippen LogP contribution in [0.5, 0.6) is 0 Å². The maximum absolute atomic E-state index is 12.4. The normalized spacial score (nSPS) is 17.0. The highest BCUT2D eigenvalue weighted by atomic mass is 35.5. The number of fused-ring (bicyclic) bond motifs is 3. The van der Waals surface area contributed by atoms with Gasteiger partial charge in [0.05, 0.1) is 23.4 Å². The molecule has 2 aliphatic rings. The molecule has 0 aliphatic carbocycles. The highest BCUT2D eigenvalue weighted by Gasteiger charge is 2.33. The van der Waals surface area contributed by atoms with Crippen LogP contribution in [-0.2, 0) is 15.2 Å². The third-order valence-corrected chi connectivity index (χ3v) is 6.19. The van der Waals surface area contributed by atoms with Gasteiger partial charge in [-0.3, -0.25) is 4.68 Å². The van der Waals surface area contributed by atoms with E-state index in [1.165, 1.54) is 0 Å². The third kappa shape index (κ3) is 2.96. The molecule has 3 heterocycles. The molecule has 0 amide bonds. The molecule has 7 heteroatoms. The Kier molecular flexibility index (Phi) is 4.75. The number of rotatable bonds is 3. The van der Waals surface area contributed by atoms with Crippen molar-refractivity contribution in [3.05, 3.63) is 34.5 Å². The molecule has 132 valence electrons. The van der Waals surface area contributed by atoms with Gasteiger partial charge in [-0.1, -0.05) is 23.7 Å². The zero-order valence-electron chi connectivity index (χ0n) is 14.0. The van der Waals surface area contributed by atoms with E-state index >= 15 is 0 Å². The minimum absolute atomic E-state index is 0.223. The summed E-state index contributed by atoms with van der Waals surface area (Å²) in [6.07, 6.45) is 1.78. The van der Waals surface area contributed by atoms with Gasteiger partial charge >= 0.3 is 5.97 Å². The van der Waals surface area contributed by atoms with Gasteiger partial charge in [-0.05, 0) is 25.8 Å². The lowest BCUT2D eigenvalue weighted by atomic mass is 10.0. The van der Waals surface area contributed by atoms with Crippen molar-refractivity contribution in [1.29, 1.82) is 0 Å². The number of aromatic nitrogens is 2. The van der Waals surface area contributed by atoms with E-state index in [0.29, 0.717) is 31.3 Å². The summed E-state index contributed by atoms with van der Waals surface area (Å²) in [7, 11) is 0. The Hall–Kier alpha value is -1.50. The number of hydrogen-bond acceptors (Lipinski definition) is 5. The molecule has 5 nitrogen and oxygen atoms in total. The smallest absolute Gasteiger partial charge is 0.359 e. The topological polar surface area (TPSA) is 53.3 Å². The lowest BCUT2D eigenvalue weighted by Crippen LogP contribution is -2.22. The number of thioether (sulfide) groups is 1. The van der Waals surface area contributed by atoms with Gasteiger partial charge in [0, 0.05) is 35.0 Å². The van der Waals surface area contributed by atoms with E-state index in [1.807, 2.05) is 23.7 Å². The first-order valence-electron chi connectivity index (χ1n) is 8.48. The highest BCUT2D eigenvalue weighted by Crippen LogP contribution is 2.47. The number of hydrogen-bond donors (Lipinski definition) is 0. The Morgan fingerprint density at radius 3 is 3.00 bits per heavy atom. The summed E-state index contributed by atoms with van der Waals surface area (Å²) < 4.78 is 12.7. The SMILES string of the molecule is CCOC(=O)c1nn(C2CCOCC2)c2c1CSc1c(Cl)cccc1-2. The van der Waals surface area contributed by atoms with Gasteiger partial charge in [-0.15, -0.1) is 11.8 Å². The second kappa shape index (κ2) is 7.02. The molecule has 0 radical (unpaired) electrons. The van der Waals surface area contributed by atoms with Crippen molar-refractivity contribution in [2.24, 2.45) is 0 Å². The summed E-state index contributed by atoms with van der Waals surface area (Å²) in [5, 5.41) is 5.43. The zero-order valence-corrected chi connectivity index (χ0v) is 15.5. The molecule has 0 saturated carbocycles. The minimum Gasteiger partial charge on any atom is -0.461 e. The number of esters is 1.